The monoisotopic (exact) mass is 138 g/mol. The molecule has 0 aromatic rings. The maximum Gasteiger partial charge on any atom is 0.187 e. The first-order valence-electron chi connectivity index (χ1n) is 1.00. The van der Waals surface area contributed by atoms with Gasteiger partial charge in [0, 0.05) is 19.5 Å². The van der Waals surface area contributed by atoms with E-state index in [4.69, 9.17) is 0 Å². The van der Waals surface area contributed by atoms with Crippen LogP contribution in [0.5, 0.6) is 0 Å². The van der Waals surface area contributed by atoms with E-state index in [0.717, 1.165) is 0 Å². The summed E-state index contributed by atoms with van der Waals surface area (Å²) in [6.45, 7) is 0. The van der Waals surface area contributed by atoms with Gasteiger partial charge in [0.2, 0.25) is 0 Å². The van der Waals surface area contributed by atoms with Crippen molar-refractivity contribution in [3.05, 3.63) is 0 Å². The van der Waals surface area contributed by atoms with Crippen LogP contribution in [0.25, 0.3) is 0 Å². The van der Waals surface area contributed by atoms with Gasteiger partial charge in [0.05, 0.1) is 7.44 Å². The number of rotatable bonds is 0. The fourth-order valence-corrected chi connectivity index (χ4v) is 0. The zero-order chi connectivity index (χ0) is 2.00. The van der Waals surface area contributed by atoms with E-state index in [-0.39, 0.29) is 36.8 Å². The van der Waals surface area contributed by atoms with Crippen LogP contribution in [0.1, 0.15) is 0 Å². The first-order chi connectivity index (χ1) is 1.00. The second kappa shape index (κ2) is 25.4. The molecule has 0 fully saturated rings. The summed E-state index contributed by atoms with van der Waals surface area (Å²) in [7, 11) is 3.44. The quantitative estimate of drug-likeness (QED) is 0.309. The van der Waals surface area contributed by atoms with Crippen molar-refractivity contribution in [2.75, 3.05) is 0 Å². The molecule has 0 saturated carbocycles. The molecular formula is H8AlBSiZn. The third-order valence-electron chi connectivity index (χ3n) is 0. The molecule has 0 nitrogen and oxygen atoms in total. The molecule has 0 spiro atoms. The van der Waals surface area contributed by atoms with Crippen LogP contribution in [0.3, 0.4) is 0 Å². The summed E-state index contributed by atoms with van der Waals surface area (Å²) in [5, 5.41) is 0. The van der Waals surface area contributed by atoms with E-state index in [9.17, 15) is 0 Å². The topological polar surface area (TPSA) is 0 Å². The Kier molecular flexibility index (Phi) is 114. The third-order valence-corrected chi connectivity index (χ3v) is 0. The molecule has 0 bridgehead atoms. The molecule has 0 amide bonds. The van der Waals surface area contributed by atoms with Gasteiger partial charge in [-0.3, -0.25) is 0 Å². The second-order valence-corrected chi connectivity index (χ2v) is 0. The maximum absolute atomic E-state index is 2.14. The van der Waals surface area contributed by atoms with Crippen LogP contribution in [-0.2, 0) is 19.5 Å². The molecule has 0 aliphatic heterocycles. The minimum absolute atomic E-state index is 0. The molecule has 4 heteroatoms. The summed E-state index contributed by atoms with van der Waals surface area (Å²) < 4.78 is 0. The summed E-state index contributed by atoms with van der Waals surface area (Å²) in [6, 6.07) is 0. The van der Waals surface area contributed by atoms with Gasteiger partial charge in [0.15, 0.2) is 17.4 Å². The molecular weight excluding hydrogens is 131 g/mol. The molecule has 20 valence electrons. The summed E-state index contributed by atoms with van der Waals surface area (Å²) >= 11 is 0. The molecule has 0 saturated heterocycles. The van der Waals surface area contributed by atoms with E-state index in [0.29, 0.717) is 0 Å². The molecule has 0 aliphatic carbocycles. The molecule has 0 unspecified atom stereocenters. The van der Waals surface area contributed by atoms with E-state index >= 15 is 0 Å². The van der Waals surface area contributed by atoms with Crippen molar-refractivity contribution < 1.29 is 19.5 Å². The molecule has 0 rings (SSSR count). The summed E-state index contributed by atoms with van der Waals surface area (Å²) in [5.74, 6) is 0. The maximum atomic E-state index is 2.14. The van der Waals surface area contributed by atoms with Crippen molar-refractivity contribution in [3.63, 3.8) is 0 Å². The van der Waals surface area contributed by atoms with Crippen LogP contribution >= 0.6 is 0 Å². The predicted molar refractivity (Wildman–Crippen MR) is 28.4 cm³/mol. The zero-order valence-corrected chi connectivity index (χ0v) is 7.67. The van der Waals surface area contributed by atoms with Gasteiger partial charge < -0.3 is 0 Å². The first-order valence-corrected chi connectivity index (χ1v) is 3.00. The fourth-order valence-electron chi connectivity index (χ4n) is 0. The van der Waals surface area contributed by atoms with Gasteiger partial charge in [-0.2, -0.15) is 0 Å². The molecule has 0 aromatic carbocycles. The minimum Gasteiger partial charge on any atom is -0.0304 e. The van der Waals surface area contributed by atoms with Gasteiger partial charge in [-0.15, -0.1) is 0 Å². The van der Waals surface area contributed by atoms with Crippen LogP contribution in [0.4, 0.5) is 0 Å². The molecule has 0 N–H and O–H groups in total. The number of hydrogen-bond acceptors (Lipinski definition) is 0. The largest absolute Gasteiger partial charge is 0.187 e. The predicted octanol–water partition coefficient (Wildman–Crippen LogP) is -3.29. The second-order valence-electron chi connectivity index (χ2n) is 0. The Bertz CT molecular complexity index is 8.00. The average molecular weight is 139 g/mol. The van der Waals surface area contributed by atoms with Crippen molar-refractivity contribution in [1.29, 1.82) is 0 Å². The molecule has 4 heavy (non-hydrogen) atoms. The van der Waals surface area contributed by atoms with Gasteiger partial charge >= 0.3 is 0 Å². The minimum atomic E-state index is 0. The van der Waals surface area contributed by atoms with Crippen molar-refractivity contribution >= 4 is 34.9 Å². The van der Waals surface area contributed by atoms with Gasteiger partial charge in [-0.1, -0.05) is 0 Å². The smallest absolute Gasteiger partial charge is 0.0304 e. The van der Waals surface area contributed by atoms with E-state index in [1.807, 2.05) is 0 Å². The van der Waals surface area contributed by atoms with Gasteiger partial charge in [0.1, 0.15) is 0 Å². The van der Waals surface area contributed by atoms with E-state index in [1.54, 1.807) is 0 Å². The van der Waals surface area contributed by atoms with Crippen LogP contribution in [0, 0.1) is 0 Å². The molecule has 0 aliphatic rings. The third kappa shape index (κ3) is 9.88. The summed E-state index contributed by atoms with van der Waals surface area (Å²) in [6.07, 6.45) is 0. The number of hydrogen-bond donors (Lipinski definition) is 0. The molecule has 0 heterocycles. The summed E-state index contributed by atoms with van der Waals surface area (Å²) in [5.41, 5.74) is 0. The Labute approximate surface area is 54.4 Å². The Morgan fingerprint density at radius 1 is 1.25 bits per heavy atom. The average Bonchev–Trinajstić information content (AvgIpc) is 1.00. The first kappa shape index (κ1) is 18.0. The van der Waals surface area contributed by atoms with Crippen molar-refractivity contribution in [2.24, 2.45) is 0 Å². The van der Waals surface area contributed by atoms with Crippen molar-refractivity contribution in [2.45, 2.75) is 0 Å². The standard InChI is InChI=1S/Al.BH5Si.Zn.3H/c;1-2;;;;/h;1H2,2H3;;;;. The Morgan fingerprint density at radius 2 is 1.25 bits per heavy atom. The van der Waals surface area contributed by atoms with E-state index < -0.39 is 0 Å². The Hall–Kier alpha value is 1.44. The van der Waals surface area contributed by atoms with E-state index in [2.05, 4.69) is 7.44 Å². The fraction of sp³-hybridized carbons (Fsp3) is 0. The van der Waals surface area contributed by atoms with Gasteiger partial charge in [-0.25, -0.2) is 0 Å². The van der Waals surface area contributed by atoms with E-state index in [1.165, 1.54) is 10.1 Å². The molecule has 0 atom stereocenters. The molecule has 0 aromatic heterocycles. The van der Waals surface area contributed by atoms with Gasteiger partial charge in [-0.05, 0) is 10.1 Å². The van der Waals surface area contributed by atoms with Crippen molar-refractivity contribution in [3.8, 4) is 0 Å². The van der Waals surface area contributed by atoms with Gasteiger partial charge in [0.25, 0.3) is 0 Å². The Balaban J connectivity index is -0.00000000500. The molecule has 0 radical (unpaired) electrons. The normalized spacial score (nSPS) is 2.00. The van der Waals surface area contributed by atoms with Crippen LogP contribution < -0.4 is 0 Å². The summed E-state index contributed by atoms with van der Waals surface area (Å²) in [4.78, 5) is 0. The van der Waals surface area contributed by atoms with Crippen LogP contribution in [0.15, 0.2) is 0 Å². The van der Waals surface area contributed by atoms with Crippen molar-refractivity contribution in [1.82, 2.24) is 0 Å². The Morgan fingerprint density at radius 3 is 1.25 bits per heavy atom. The van der Waals surface area contributed by atoms with Crippen LogP contribution in [-0.4, -0.2) is 34.9 Å². The zero-order valence-electron chi connectivity index (χ0n) is 2.71. The van der Waals surface area contributed by atoms with Crippen LogP contribution in [0.2, 0.25) is 0 Å². The SMILES string of the molecule is B[SiH3].[AlH3].[Zn].